The molecule has 1 aromatic carbocycles. The number of hydrogen-bond donors (Lipinski definition) is 1. The zero-order valence-electron chi connectivity index (χ0n) is 26.3. The quantitative estimate of drug-likeness (QED) is 0.218. The molecule has 0 amide bonds. The molecule has 2 saturated carbocycles. The molecule has 10 nitrogen and oxygen atoms in total. The standard InChI is InChI=1S/C36H38N2O8/c1-33(2)26-20-28(43-29(39)15-14-23-10-6-5-7-11-23)35(4)27(44-31(40)24-12-8-18-37-21-24)16-17-34(3,42)36(35,46-33)30(26)45-32(41)25-13-9-19-38-22-25/h5-15,18-19,21-22,26-28,30,42H,16-17,20H2,1-4H3/b15-14+/t26-,27+,28+,30-,34+,35+,36+/m1/s1. The van der Waals surface area contributed by atoms with Crippen LogP contribution >= 0.6 is 0 Å². The molecule has 3 aromatic rings. The first-order chi connectivity index (χ1) is 21.9. The van der Waals surface area contributed by atoms with Gasteiger partial charge < -0.3 is 24.1 Å². The van der Waals surface area contributed by atoms with Crippen molar-refractivity contribution in [3.8, 4) is 0 Å². The van der Waals surface area contributed by atoms with Crippen molar-refractivity contribution in [1.82, 2.24) is 9.97 Å². The van der Waals surface area contributed by atoms with Gasteiger partial charge in [-0.25, -0.2) is 14.4 Å². The van der Waals surface area contributed by atoms with Crippen molar-refractivity contribution in [3.05, 3.63) is 102 Å². The molecule has 2 bridgehead atoms. The molecular weight excluding hydrogens is 588 g/mol. The fourth-order valence-electron chi connectivity index (χ4n) is 7.85. The first-order valence-corrected chi connectivity index (χ1v) is 15.5. The Morgan fingerprint density at radius 3 is 2.09 bits per heavy atom. The number of carbonyl (C=O) groups is 3. The van der Waals surface area contributed by atoms with Gasteiger partial charge in [-0.05, 0) is 82.9 Å². The van der Waals surface area contributed by atoms with Gasteiger partial charge in [0.05, 0.1) is 27.7 Å². The minimum absolute atomic E-state index is 0.159. The fourth-order valence-corrected chi connectivity index (χ4v) is 7.85. The first-order valence-electron chi connectivity index (χ1n) is 15.5. The van der Waals surface area contributed by atoms with E-state index in [1.165, 1.54) is 18.5 Å². The molecule has 7 atom stereocenters. The van der Waals surface area contributed by atoms with E-state index in [4.69, 9.17) is 18.9 Å². The highest BCUT2D eigenvalue weighted by atomic mass is 16.6. The Labute approximate surface area is 267 Å². The Hall–Kier alpha value is -4.41. The number of carbonyl (C=O) groups excluding carboxylic acids is 3. The monoisotopic (exact) mass is 626 g/mol. The summed E-state index contributed by atoms with van der Waals surface area (Å²) in [7, 11) is 0. The Morgan fingerprint density at radius 2 is 1.48 bits per heavy atom. The summed E-state index contributed by atoms with van der Waals surface area (Å²) in [4.78, 5) is 48.6. The maximum absolute atomic E-state index is 13.6. The number of benzene rings is 1. The highest BCUT2D eigenvalue weighted by Crippen LogP contribution is 2.68. The highest BCUT2D eigenvalue weighted by molar-refractivity contribution is 5.90. The number of fused-ring (bicyclic) bond motifs is 1. The lowest BCUT2D eigenvalue weighted by molar-refractivity contribution is -0.325. The van der Waals surface area contributed by atoms with E-state index >= 15 is 0 Å². The van der Waals surface area contributed by atoms with Crippen LogP contribution in [0.3, 0.4) is 0 Å². The molecule has 10 heteroatoms. The molecular formula is C36H38N2O8. The maximum atomic E-state index is 13.6. The molecule has 3 fully saturated rings. The molecule has 2 aliphatic carbocycles. The second-order valence-electron chi connectivity index (χ2n) is 13.3. The lowest BCUT2D eigenvalue weighted by atomic mass is 9.47. The van der Waals surface area contributed by atoms with E-state index in [2.05, 4.69) is 9.97 Å². The van der Waals surface area contributed by atoms with E-state index in [1.807, 2.05) is 44.2 Å². The second-order valence-corrected chi connectivity index (χ2v) is 13.3. The highest BCUT2D eigenvalue weighted by Gasteiger charge is 2.82. The lowest BCUT2D eigenvalue weighted by Gasteiger charge is -2.64. The molecule has 3 heterocycles. The summed E-state index contributed by atoms with van der Waals surface area (Å²) in [5.41, 5.74) is -4.22. The summed E-state index contributed by atoms with van der Waals surface area (Å²) in [6, 6.07) is 15.8. The van der Waals surface area contributed by atoms with Crippen LogP contribution in [-0.2, 0) is 23.7 Å². The van der Waals surface area contributed by atoms with E-state index < -0.39 is 64.4 Å². The third-order valence-electron chi connectivity index (χ3n) is 10.1. The Balaban J connectivity index is 1.44. The molecule has 3 aliphatic rings. The number of rotatable bonds is 7. The van der Waals surface area contributed by atoms with Crippen molar-refractivity contribution in [2.24, 2.45) is 11.3 Å². The molecule has 0 unspecified atom stereocenters. The molecule has 6 rings (SSSR count). The van der Waals surface area contributed by atoms with Crippen molar-refractivity contribution < 1.29 is 38.4 Å². The zero-order chi connectivity index (χ0) is 32.7. The minimum atomic E-state index is -1.64. The minimum Gasteiger partial charge on any atom is -0.458 e. The second kappa shape index (κ2) is 11.7. The number of ether oxygens (including phenoxy) is 4. The van der Waals surface area contributed by atoms with Crippen LogP contribution in [0.25, 0.3) is 6.08 Å². The van der Waals surface area contributed by atoms with Gasteiger partial charge in [0.1, 0.15) is 23.9 Å². The van der Waals surface area contributed by atoms with Gasteiger partial charge in [0.15, 0.2) is 0 Å². The van der Waals surface area contributed by atoms with Crippen LogP contribution in [-0.4, -0.2) is 68.1 Å². The van der Waals surface area contributed by atoms with Crippen LogP contribution in [0.5, 0.6) is 0 Å². The van der Waals surface area contributed by atoms with Gasteiger partial charge in [-0.2, -0.15) is 0 Å². The molecule has 1 spiro atoms. The third kappa shape index (κ3) is 5.19. The van der Waals surface area contributed by atoms with Crippen LogP contribution < -0.4 is 0 Å². The Morgan fingerprint density at radius 1 is 0.848 bits per heavy atom. The van der Waals surface area contributed by atoms with Gasteiger partial charge in [0, 0.05) is 36.8 Å². The number of pyridine rings is 2. The van der Waals surface area contributed by atoms with Crippen molar-refractivity contribution >= 4 is 24.0 Å². The van der Waals surface area contributed by atoms with Crippen LogP contribution in [0, 0.1) is 11.3 Å². The summed E-state index contributed by atoms with van der Waals surface area (Å²) in [5.74, 6) is -2.34. The van der Waals surface area contributed by atoms with E-state index in [1.54, 1.807) is 56.6 Å². The number of nitrogens with zero attached hydrogens (tertiary/aromatic N) is 2. The molecule has 240 valence electrons. The van der Waals surface area contributed by atoms with Crippen molar-refractivity contribution in [3.63, 3.8) is 0 Å². The molecule has 1 aliphatic heterocycles. The number of hydrogen-bond acceptors (Lipinski definition) is 10. The molecule has 46 heavy (non-hydrogen) atoms. The number of aliphatic hydroxyl groups is 1. The molecule has 1 saturated heterocycles. The summed E-state index contributed by atoms with van der Waals surface area (Å²) in [6.07, 6.45) is 6.80. The summed E-state index contributed by atoms with van der Waals surface area (Å²) < 4.78 is 25.7. The molecule has 1 N–H and O–H groups in total. The SMILES string of the molecule is CC1(C)O[C@]23[C@H](OC(=O)c4cccnc4)[C@H]1C[C@H](OC(=O)/C=C/c1ccccc1)[C@]2(C)[C@@H](OC(=O)c1cccnc1)CC[C@]3(C)O. The van der Waals surface area contributed by atoms with Crippen molar-refractivity contribution in [2.75, 3.05) is 0 Å². The van der Waals surface area contributed by atoms with Crippen LogP contribution in [0.2, 0.25) is 0 Å². The maximum Gasteiger partial charge on any atom is 0.340 e. The smallest absolute Gasteiger partial charge is 0.340 e. The van der Waals surface area contributed by atoms with Crippen LogP contribution in [0.15, 0.2) is 85.5 Å². The predicted octanol–water partition coefficient (Wildman–Crippen LogP) is 4.97. The van der Waals surface area contributed by atoms with E-state index in [-0.39, 0.29) is 30.4 Å². The first kappa shape index (κ1) is 31.6. The van der Waals surface area contributed by atoms with E-state index in [9.17, 15) is 19.5 Å². The van der Waals surface area contributed by atoms with Gasteiger partial charge >= 0.3 is 17.9 Å². The summed E-state index contributed by atoms with van der Waals surface area (Å²) in [5, 5.41) is 12.3. The van der Waals surface area contributed by atoms with Gasteiger partial charge in [-0.1, -0.05) is 30.3 Å². The average Bonchev–Trinajstić information content (AvgIpc) is 3.23. The van der Waals surface area contributed by atoms with Crippen LogP contribution in [0.4, 0.5) is 0 Å². The lowest BCUT2D eigenvalue weighted by Crippen LogP contribution is -2.79. The Kier molecular flexibility index (Phi) is 8.06. The normalized spacial score (nSPS) is 32.7. The largest absolute Gasteiger partial charge is 0.458 e. The average molecular weight is 627 g/mol. The van der Waals surface area contributed by atoms with Crippen molar-refractivity contribution in [2.45, 2.75) is 82.1 Å². The van der Waals surface area contributed by atoms with Gasteiger partial charge in [0.25, 0.3) is 0 Å². The fraction of sp³-hybridized carbons (Fsp3) is 0.417. The zero-order valence-corrected chi connectivity index (χ0v) is 26.3. The van der Waals surface area contributed by atoms with Crippen LogP contribution in [0.1, 0.15) is 73.2 Å². The topological polar surface area (TPSA) is 134 Å². The van der Waals surface area contributed by atoms with E-state index in [0.717, 1.165) is 5.56 Å². The Bertz CT molecular complexity index is 1630. The third-order valence-corrected chi connectivity index (χ3v) is 10.1. The molecule has 2 aromatic heterocycles. The number of aromatic nitrogens is 2. The van der Waals surface area contributed by atoms with Gasteiger partial charge in [0.2, 0.25) is 0 Å². The summed E-state index contributed by atoms with van der Waals surface area (Å²) in [6.45, 7) is 7.19. The molecule has 0 radical (unpaired) electrons. The van der Waals surface area contributed by atoms with Gasteiger partial charge in [-0.3, -0.25) is 9.97 Å². The van der Waals surface area contributed by atoms with Gasteiger partial charge in [-0.15, -0.1) is 0 Å². The number of esters is 3. The summed E-state index contributed by atoms with van der Waals surface area (Å²) >= 11 is 0. The van der Waals surface area contributed by atoms with Crippen molar-refractivity contribution in [1.29, 1.82) is 0 Å². The van der Waals surface area contributed by atoms with E-state index in [0.29, 0.717) is 0 Å². The predicted molar refractivity (Wildman–Crippen MR) is 166 cm³/mol.